The van der Waals surface area contributed by atoms with Gasteiger partial charge < -0.3 is 14.9 Å². The van der Waals surface area contributed by atoms with Crippen molar-refractivity contribution < 1.29 is 34.1 Å². The molecule has 0 aromatic heterocycles. The van der Waals surface area contributed by atoms with E-state index in [1.165, 1.54) is 0 Å². The normalized spacial score (nSPS) is 9.41. The minimum absolute atomic E-state index is 0.129. The summed E-state index contributed by atoms with van der Waals surface area (Å²) < 4.78 is 3.99. The predicted molar refractivity (Wildman–Crippen MR) is 51.8 cm³/mol. The molecule has 0 saturated heterocycles. The monoisotopic (exact) mass is 238 g/mol. The highest BCUT2D eigenvalue weighted by Gasteiger charge is 2.16. The molecule has 7 nitrogen and oxygen atoms in total. The molecule has 0 heterocycles. The number of carbonyl (C=O) groups is 4. The molecule has 0 aliphatic heterocycles. The zero-order valence-corrected chi connectivity index (χ0v) is 8.25. The first-order chi connectivity index (χ1) is 7.95. The van der Waals surface area contributed by atoms with Crippen LogP contribution in [0.5, 0.6) is 0 Å². The Labute approximate surface area is 94.2 Å². The Kier molecular flexibility index (Phi) is 3.55. The average Bonchev–Trinajstić information content (AvgIpc) is 2.28. The van der Waals surface area contributed by atoms with Gasteiger partial charge in [-0.15, -0.1) is 0 Å². The Morgan fingerprint density at radius 3 is 1.71 bits per heavy atom. The highest BCUT2D eigenvalue weighted by Crippen LogP contribution is 2.12. The topological polar surface area (TPSA) is 118 Å². The van der Waals surface area contributed by atoms with Gasteiger partial charge in [0, 0.05) is 0 Å². The Morgan fingerprint density at radius 2 is 1.35 bits per heavy atom. The van der Waals surface area contributed by atoms with Crippen molar-refractivity contribution in [3.63, 3.8) is 0 Å². The summed E-state index contributed by atoms with van der Waals surface area (Å²) in [6.45, 7) is -0.129. The third-order valence-electron chi connectivity index (χ3n) is 1.82. The largest absolute Gasteiger partial charge is 0.478 e. The Hall–Kier alpha value is -2.70. The molecule has 0 fully saturated rings. The fourth-order valence-electron chi connectivity index (χ4n) is 1.10. The van der Waals surface area contributed by atoms with Crippen LogP contribution in [0.3, 0.4) is 0 Å². The first kappa shape index (κ1) is 12.4. The lowest BCUT2D eigenvalue weighted by Gasteiger charge is -2.02. The Balaban J connectivity index is 3.30. The van der Waals surface area contributed by atoms with Crippen molar-refractivity contribution in [2.24, 2.45) is 0 Å². The van der Waals surface area contributed by atoms with Gasteiger partial charge in [0.2, 0.25) is 0 Å². The van der Waals surface area contributed by atoms with Gasteiger partial charge in [-0.3, -0.25) is 4.79 Å². The van der Waals surface area contributed by atoms with E-state index in [-0.39, 0.29) is 23.2 Å². The number of esters is 1. The lowest BCUT2D eigenvalue weighted by Crippen LogP contribution is -2.09. The van der Waals surface area contributed by atoms with Crippen molar-refractivity contribution in [2.45, 2.75) is 0 Å². The van der Waals surface area contributed by atoms with Crippen LogP contribution >= 0.6 is 0 Å². The summed E-state index contributed by atoms with van der Waals surface area (Å²) >= 11 is 0. The van der Waals surface area contributed by atoms with Gasteiger partial charge in [0.15, 0.2) is 0 Å². The van der Waals surface area contributed by atoms with Crippen LogP contribution in [0.2, 0.25) is 0 Å². The average molecular weight is 238 g/mol. The predicted octanol–water partition coefficient (Wildman–Crippen LogP) is 0.396. The van der Waals surface area contributed by atoms with Crippen molar-refractivity contribution in [1.82, 2.24) is 0 Å². The number of ether oxygens (including phenoxy) is 1. The van der Waals surface area contributed by atoms with Crippen molar-refractivity contribution in [2.75, 3.05) is 0 Å². The van der Waals surface area contributed by atoms with E-state index in [0.29, 0.717) is 0 Å². The van der Waals surface area contributed by atoms with E-state index in [4.69, 9.17) is 10.2 Å². The van der Waals surface area contributed by atoms with Crippen LogP contribution in [0, 0.1) is 0 Å². The fourth-order valence-corrected chi connectivity index (χ4v) is 1.10. The lowest BCUT2D eigenvalue weighted by atomic mass is 10.1. The standard InChI is InChI=1S/C10H6O7/c11-4-17-10(16)7-2-5(8(12)13)1-6(3-7)9(14)15/h1-4H,(H,12,13)(H,14,15). The van der Waals surface area contributed by atoms with Crippen molar-refractivity contribution in [3.05, 3.63) is 34.9 Å². The highest BCUT2D eigenvalue weighted by atomic mass is 16.6. The number of hydrogen-bond acceptors (Lipinski definition) is 5. The molecule has 0 atom stereocenters. The molecule has 0 saturated carbocycles. The lowest BCUT2D eigenvalue weighted by molar-refractivity contribution is -0.123. The molecule has 0 radical (unpaired) electrons. The second-order valence-corrected chi connectivity index (χ2v) is 2.91. The summed E-state index contributed by atoms with van der Waals surface area (Å²) in [5.74, 6) is -3.91. The second kappa shape index (κ2) is 4.88. The molecule has 0 aliphatic rings. The van der Waals surface area contributed by atoms with Crippen molar-refractivity contribution in [3.8, 4) is 0 Å². The number of carboxylic acid groups (broad SMARTS) is 2. The summed E-state index contributed by atoms with van der Waals surface area (Å²) in [5.41, 5.74) is -1.10. The van der Waals surface area contributed by atoms with Crippen LogP contribution in [0.25, 0.3) is 0 Å². The summed E-state index contributed by atoms with van der Waals surface area (Å²) in [5, 5.41) is 17.4. The van der Waals surface area contributed by atoms with Gasteiger partial charge in [0.05, 0.1) is 16.7 Å². The van der Waals surface area contributed by atoms with E-state index >= 15 is 0 Å². The molecule has 1 rings (SSSR count). The van der Waals surface area contributed by atoms with Gasteiger partial charge in [0.25, 0.3) is 0 Å². The number of aromatic carboxylic acids is 2. The molecular formula is C10H6O7. The molecule has 7 heteroatoms. The quantitative estimate of drug-likeness (QED) is 0.442. The van der Waals surface area contributed by atoms with Crippen molar-refractivity contribution in [1.29, 1.82) is 0 Å². The molecule has 17 heavy (non-hydrogen) atoms. The van der Waals surface area contributed by atoms with E-state index in [2.05, 4.69) is 4.74 Å². The zero-order valence-electron chi connectivity index (χ0n) is 8.25. The maximum Gasteiger partial charge on any atom is 0.345 e. The number of hydrogen-bond donors (Lipinski definition) is 2. The fraction of sp³-hybridized carbons (Fsp3) is 0. The third kappa shape index (κ3) is 2.88. The van der Waals surface area contributed by atoms with Gasteiger partial charge in [-0.1, -0.05) is 0 Å². The minimum Gasteiger partial charge on any atom is -0.478 e. The Bertz CT molecular complexity index is 471. The second-order valence-electron chi connectivity index (χ2n) is 2.91. The smallest absolute Gasteiger partial charge is 0.345 e. The maximum atomic E-state index is 11.2. The van der Waals surface area contributed by atoms with E-state index in [9.17, 15) is 19.2 Å². The first-order valence-corrected chi connectivity index (χ1v) is 4.22. The summed E-state index contributed by atoms with van der Waals surface area (Å²) in [6.07, 6.45) is 0. The number of rotatable bonds is 4. The summed E-state index contributed by atoms with van der Waals surface area (Å²) in [6, 6.07) is 2.73. The molecular weight excluding hydrogens is 232 g/mol. The summed E-state index contributed by atoms with van der Waals surface area (Å²) in [7, 11) is 0. The van der Waals surface area contributed by atoms with Crippen LogP contribution in [-0.4, -0.2) is 34.6 Å². The van der Waals surface area contributed by atoms with Gasteiger partial charge in [0.1, 0.15) is 0 Å². The molecule has 0 spiro atoms. The minimum atomic E-state index is -1.40. The highest BCUT2D eigenvalue weighted by molar-refractivity contribution is 6.00. The van der Waals surface area contributed by atoms with Crippen LogP contribution in [0.1, 0.15) is 31.1 Å². The summed E-state index contributed by atoms with van der Waals surface area (Å²) in [4.78, 5) is 42.5. The molecule has 0 aliphatic carbocycles. The van der Waals surface area contributed by atoms with E-state index in [1.54, 1.807) is 0 Å². The van der Waals surface area contributed by atoms with Crippen molar-refractivity contribution >= 4 is 24.4 Å². The van der Waals surface area contributed by atoms with E-state index < -0.39 is 17.9 Å². The van der Waals surface area contributed by atoms with Crippen LogP contribution in [0.15, 0.2) is 18.2 Å². The van der Waals surface area contributed by atoms with Gasteiger partial charge in [-0.2, -0.15) is 0 Å². The molecule has 0 unspecified atom stereocenters. The zero-order chi connectivity index (χ0) is 13.0. The van der Waals surface area contributed by atoms with E-state index in [0.717, 1.165) is 18.2 Å². The molecule has 2 N–H and O–H groups in total. The molecule has 0 amide bonds. The number of carboxylic acids is 2. The van der Waals surface area contributed by atoms with Crippen LogP contribution < -0.4 is 0 Å². The third-order valence-corrected chi connectivity index (χ3v) is 1.82. The molecule has 0 bridgehead atoms. The van der Waals surface area contributed by atoms with Gasteiger partial charge in [-0.05, 0) is 18.2 Å². The van der Waals surface area contributed by atoms with Crippen LogP contribution in [0.4, 0.5) is 0 Å². The SMILES string of the molecule is O=COC(=O)c1cc(C(=O)O)cc(C(=O)O)c1. The first-order valence-electron chi connectivity index (χ1n) is 4.22. The number of benzene rings is 1. The Morgan fingerprint density at radius 1 is 0.941 bits per heavy atom. The maximum absolute atomic E-state index is 11.2. The van der Waals surface area contributed by atoms with E-state index in [1.807, 2.05) is 0 Å². The molecule has 1 aromatic carbocycles. The van der Waals surface area contributed by atoms with Gasteiger partial charge >= 0.3 is 24.4 Å². The number of carbonyl (C=O) groups excluding carboxylic acids is 2. The molecule has 88 valence electrons. The van der Waals surface area contributed by atoms with Crippen LogP contribution in [-0.2, 0) is 9.53 Å². The molecule has 1 aromatic rings. The van der Waals surface area contributed by atoms with Gasteiger partial charge in [-0.25, -0.2) is 14.4 Å².